The van der Waals surface area contributed by atoms with Crippen LogP contribution in [0.2, 0.25) is 0 Å². The Morgan fingerprint density at radius 3 is 2.53 bits per heavy atom. The second-order valence-corrected chi connectivity index (χ2v) is 8.06. The van der Waals surface area contributed by atoms with Gasteiger partial charge in [0.05, 0.1) is 5.56 Å². The Labute approximate surface area is 178 Å². The Balaban J connectivity index is 1.48. The number of ketones is 1. The van der Waals surface area contributed by atoms with Crippen LogP contribution in [0.1, 0.15) is 52.5 Å². The molecule has 1 aliphatic rings. The third kappa shape index (κ3) is 5.45. The lowest BCUT2D eigenvalue weighted by Crippen LogP contribution is -2.23. The lowest BCUT2D eigenvalue weighted by molar-refractivity contribution is -0.149. The third-order valence-corrected chi connectivity index (χ3v) is 5.98. The van der Waals surface area contributed by atoms with E-state index in [1.165, 1.54) is 18.3 Å². The minimum Gasteiger partial charge on any atom is -0.482 e. The maximum atomic E-state index is 12.2. The van der Waals surface area contributed by atoms with Crippen molar-refractivity contribution in [2.45, 2.75) is 39.0 Å². The average Bonchev–Trinajstić information content (AvgIpc) is 2.89. The number of nitriles is 1. The number of hydrogen-bond acceptors (Lipinski definition) is 7. The van der Waals surface area contributed by atoms with Crippen molar-refractivity contribution in [3.05, 3.63) is 45.8 Å². The first-order valence-corrected chi connectivity index (χ1v) is 10.5. The van der Waals surface area contributed by atoms with Gasteiger partial charge in [-0.1, -0.05) is 6.42 Å². The summed E-state index contributed by atoms with van der Waals surface area (Å²) in [6.45, 7) is 0.646. The molecule has 0 radical (unpaired) electrons. The highest BCUT2D eigenvalue weighted by atomic mass is 32.1. The van der Waals surface area contributed by atoms with Crippen molar-refractivity contribution in [3.8, 4) is 11.8 Å². The lowest BCUT2D eigenvalue weighted by atomic mass is 10.1. The van der Waals surface area contributed by atoms with E-state index in [-0.39, 0.29) is 12.4 Å². The summed E-state index contributed by atoms with van der Waals surface area (Å²) in [7, 11) is 0. The van der Waals surface area contributed by atoms with Crippen LogP contribution in [0.25, 0.3) is 0 Å². The fraction of sp³-hybridized carbons (Fsp3) is 0.364. The smallest absolute Gasteiger partial charge is 0.344 e. The van der Waals surface area contributed by atoms with Gasteiger partial charge in [0, 0.05) is 10.4 Å². The van der Waals surface area contributed by atoms with Gasteiger partial charge in [0.25, 0.3) is 5.91 Å². The molecule has 1 heterocycles. The van der Waals surface area contributed by atoms with Crippen LogP contribution in [0.4, 0.5) is 5.00 Å². The topological polar surface area (TPSA) is 105 Å². The summed E-state index contributed by atoms with van der Waals surface area (Å²) >= 11 is 1.43. The SMILES string of the molecule is CC(=O)c1ccc(OCC(=O)OCC(=O)Nc2sc3c(c2C#N)CCCCC3)cc1. The number of rotatable bonds is 7. The van der Waals surface area contributed by atoms with Crippen LogP contribution in [-0.2, 0) is 27.2 Å². The first-order valence-electron chi connectivity index (χ1n) is 9.72. The van der Waals surface area contributed by atoms with E-state index < -0.39 is 18.5 Å². The van der Waals surface area contributed by atoms with Crippen molar-refractivity contribution in [2.75, 3.05) is 18.5 Å². The van der Waals surface area contributed by atoms with Crippen molar-refractivity contribution in [3.63, 3.8) is 0 Å². The molecule has 1 aromatic heterocycles. The molecule has 3 rings (SSSR count). The highest BCUT2D eigenvalue weighted by Gasteiger charge is 2.21. The van der Waals surface area contributed by atoms with Crippen molar-refractivity contribution in [2.24, 2.45) is 0 Å². The number of fused-ring (bicyclic) bond motifs is 1. The van der Waals surface area contributed by atoms with Crippen LogP contribution in [-0.4, -0.2) is 30.9 Å². The quantitative estimate of drug-likeness (QED) is 0.412. The molecule has 0 saturated heterocycles. The summed E-state index contributed by atoms with van der Waals surface area (Å²) in [5, 5.41) is 12.7. The molecule has 30 heavy (non-hydrogen) atoms. The Bertz CT molecular complexity index is 988. The maximum Gasteiger partial charge on any atom is 0.344 e. The minimum absolute atomic E-state index is 0.0614. The summed E-state index contributed by atoms with van der Waals surface area (Å²) < 4.78 is 10.2. The molecule has 156 valence electrons. The second-order valence-electron chi connectivity index (χ2n) is 6.96. The van der Waals surface area contributed by atoms with Gasteiger partial charge in [0.1, 0.15) is 16.8 Å². The molecule has 1 N–H and O–H groups in total. The number of anilines is 1. The zero-order chi connectivity index (χ0) is 21.5. The second kappa shape index (κ2) is 10.0. The van der Waals surface area contributed by atoms with E-state index in [4.69, 9.17) is 9.47 Å². The number of carbonyl (C=O) groups is 3. The van der Waals surface area contributed by atoms with E-state index in [1.54, 1.807) is 24.3 Å². The number of nitrogens with one attached hydrogen (secondary N) is 1. The first-order chi connectivity index (χ1) is 14.5. The average molecular weight is 426 g/mol. The predicted molar refractivity (Wildman–Crippen MR) is 112 cm³/mol. The van der Waals surface area contributed by atoms with E-state index in [1.807, 2.05) is 0 Å². The van der Waals surface area contributed by atoms with Gasteiger partial charge in [-0.05, 0) is 62.4 Å². The largest absolute Gasteiger partial charge is 0.482 e. The fourth-order valence-corrected chi connectivity index (χ4v) is 4.48. The first kappa shape index (κ1) is 21.5. The molecule has 2 aromatic rings. The molecule has 0 atom stereocenters. The monoisotopic (exact) mass is 426 g/mol. The molecule has 8 heteroatoms. The van der Waals surface area contributed by atoms with E-state index >= 15 is 0 Å². The standard InChI is InChI=1S/C22H22N2O5S/c1-14(25)15-7-9-16(10-8-15)28-13-21(27)29-12-20(26)24-22-18(11-23)17-5-3-2-4-6-19(17)30-22/h7-10H,2-6,12-13H2,1H3,(H,24,26). The molecule has 1 aromatic carbocycles. The zero-order valence-electron chi connectivity index (χ0n) is 16.7. The molecule has 0 spiro atoms. The molecular formula is C22H22N2O5S. The summed E-state index contributed by atoms with van der Waals surface area (Å²) in [6, 6.07) is 8.57. The van der Waals surface area contributed by atoms with E-state index in [0.717, 1.165) is 42.5 Å². The molecule has 1 amide bonds. The van der Waals surface area contributed by atoms with Gasteiger partial charge in [-0.3, -0.25) is 9.59 Å². The van der Waals surface area contributed by atoms with Crippen molar-refractivity contribution in [1.82, 2.24) is 0 Å². The predicted octanol–water partition coefficient (Wildman–Crippen LogP) is 3.65. The number of carbonyl (C=O) groups excluding carboxylic acids is 3. The number of Topliss-reactive ketones (excluding diaryl/α,β-unsaturated/α-hetero) is 1. The van der Waals surface area contributed by atoms with Gasteiger partial charge < -0.3 is 14.8 Å². The Morgan fingerprint density at radius 1 is 1.10 bits per heavy atom. The van der Waals surface area contributed by atoms with Gasteiger partial charge in [-0.15, -0.1) is 11.3 Å². The Kier molecular flexibility index (Phi) is 7.20. The van der Waals surface area contributed by atoms with Gasteiger partial charge in [0.2, 0.25) is 0 Å². The summed E-state index contributed by atoms with van der Waals surface area (Å²) in [4.78, 5) is 36.4. The molecule has 0 saturated carbocycles. The van der Waals surface area contributed by atoms with Crippen LogP contribution in [0.5, 0.6) is 5.75 Å². The Morgan fingerprint density at radius 2 is 1.83 bits per heavy atom. The van der Waals surface area contributed by atoms with E-state index in [0.29, 0.717) is 21.9 Å². The number of thiophene rings is 1. The van der Waals surface area contributed by atoms with Gasteiger partial charge in [-0.25, -0.2) is 4.79 Å². The maximum absolute atomic E-state index is 12.2. The third-order valence-electron chi connectivity index (χ3n) is 4.77. The molecule has 0 fully saturated rings. The van der Waals surface area contributed by atoms with Crippen molar-refractivity contribution < 1.29 is 23.9 Å². The zero-order valence-corrected chi connectivity index (χ0v) is 17.5. The lowest BCUT2D eigenvalue weighted by Gasteiger charge is -2.08. The molecule has 0 bridgehead atoms. The van der Waals surface area contributed by atoms with Crippen LogP contribution in [0, 0.1) is 11.3 Å². The number of esters is 1. The summed E-state index contributed by atoms with van der Waals surface area (Å²) in [5.74, 6) is -0.834. The molecular weight excluding hydrogens is 404 g/mol. The van der Waals surface area contributed by atoms with Crippen LogP contribution in [0.3, 0.4) is 0 Å². The Hall–Kier alpha value is -3.18. The molecule has 1 aliphatic carbocycles. The van der Waals surface area contributed by atoms with Crippen molar-refractivity contribution >= 4 is 34.0 Å². The van der Waals surface area contributed by atoms with Gasteiger partial charge in [-0.2, -0.15) is 5.26 Å². The normalized spacial score (nSPS) is 12.8. The number of nitrogens with zero attached hydrogens (tertiary/aromatic N) is 1. The van der Waals surface area contributed by atoms with Crippen LogP contribution in [0.15, 0.2) is 24.3 Å². The number of ether oxygens (including phenoxy) is 2. The van der Waals surface area contributed by atoms with Gasteiger partial charge in [0.15, 0.2) is 19.0 Å². The number of hydrogen-bond donors (Lipinski definition) is 1. The highest BCUT2D eigenvalue weighted by molar-refractivity contribution is 7.16. The van der Waals surface area contributed by atoms with E-state index in [9.17, 15) is 19.6 Å². The number of amides is 1. The molecule has 7 nitrogen and oxygen atoms in total. The summed E-state index contributed by atoms with van der Waals surface area (Å²) in [6.07, 6.45) is 5.04. The number of aryl methyl sites for hydroxylation is 1. The van der Waals surface area contributed by atoms with Crippen molar-refractivity contribution in [1.29, 1.82) is 5.26 Å². The highest BCUT2D eigenvalue weighted by Crippen LogP contribution is 2.36. The fourth-order valence-electron chi connectivity index (χ4n) is 3.23. The van der Waals surface area contributed by atoms with E-state index in [2.05, 4.69) is 11.4 Å². The minimum atomic E-state index is -0.691. The van der Waals surface area contributed by atoms with Crippen LogP contribution >= 0.6 is 11.3 Å². The molecule has 0 unspecified atom stereocenters. The molecule has 0 aliphatic heterocycles. The van der Waals surface area contributed by atoms with Gasteiger partial charge >= 0.3 is 5.97 Å². The number of benzene rings is 1. The summed E-state index contributed by atoms with van der Waals surface area (Å²) in [5.41, 5.74) is 2.11. The van der Waals surface area contributed by atoms with Crippen LogP contribution < -0.4 is 10.1 Å².